The number of aliphatic imine (C=N–C) groups is 1. The number of hydrogen-bond acceptors (Lipinski definition) is 2. The van der Waals surface area contributed by atoms with Crippen LogP contribution in [-0.2, 0) is 11.8 Å². The first kappa shape index (κ1) is 16.7. The van der Waals surface area contributed by atoms with Crippen molar-refractivity contribution in [3.8, 4) is 5.75 Å². The Morgan fingerprint density at radius 3 is 2.60 bits per heavy atom. The molecule has 1 heterocycles. The van der Waals surface area contributed by atoms with Crippen LogP contribution in [0.25, 0.3) is 0 Å². The van der Waals surface area contributed by atoms with Gasteiger partial charge in [-0.3, -0.25) is 4.99 Å². The van der Waals surface area contributed by atoms with Crippen LogP contribution >= 0.6 is 11.6 Å². The second-order valence-electron chi connectivity index (χ2n) is 7.09. The fourth-order valence-electron chi connectivity index (χ4n) is 4.05. The van der Waals surface area contributed by atoms with Gasteiger partial charge in [-0.25, -0.2) is 0 Å². The van der Waals surface area contributed by atoms with Crippen LogP contribution in [0.15, 0.2) is 47.5 Å². The number of fused-ring (bicyclic) bond motifs is 1. The highest BCUT2D eigenvalue weighted by Gasteiger charge is 2.45. The van der Waals surface area contributed by atoms with Gasteiger partial charge in [-0.15, -0.1) is 0 Å². The highest BCUT2D eigenvalue weighted by Crippen LogP contribution is 2.48. The summed E-state index contributed by atoms with van der Waals surface area (Å²) in [7, 11) is 0. The lowest BCUT2D eigenvalue weighted by atomic mass is 9.59. The topological polar surface area (TPSA) is 21.6 Å². The van der Waals surface area contributed by atoms with E-state index in [2.05, 4.69) is 37.3 Å². The maximum absolute atomic E-state index is 6.11. The van der Waals surface area contributed by atoms with Crippen molar-refractivity contribution in [3.63, 3.8) is 0 Å². The summed E-state index contributed by atoms with van der Waals surface area (Å²) in [6.45, 7) is 3.77. The quantitative estimate of drug-likeness (QED) is 0.686. The number of rotatable bonds is 5. The molecule has 0 atom stereocenters. The van der Waals surface area contributed by atoms with Gasteiger partial charge in [0.05, 0.1) is 12.3 Å². The van der Waals surface area contributed by atoms with Gasteiger partial charge in [0.1, 0.15) is 5.75 Å². The molecule has 0 spiro atoms. The monoisotopic (exact) mass is 353 g/mol. The summed E-state index contributed by atoms with van der Waals surface area (Å²) in [6.07, 6.45) is 5.61. The van der Waals surface area contributed by atoms with E-state index in [0.29, 0.717) is 0 Å². The van der Waals surface area contributed by atoms with Crippen LogP contribution in [0.2, 0.25) is 5.02 Å². The number of nitrogens with zero attached hydrogens (tertiary/aromatic N) is 1. The first-order valence-corrected chi connectivity index (χ1v) is 9.68. The minimum absolute atomic E-state index is 0.0448. The van der Waals surface area contributed by atoms with Gasteiger partial charge in [-0.05, 0) is 61.1 Å². The third kappa shape index (κ3) is 2.97. The number of hydrogen-bond donors (Lipinski definition) is 0. The predicted octanol–water partition coefficient (Wildman–Crippen LogP) is 5.60. The molecular formula is C22H24ClNO. The van der Waals surface area contributed by atoms with Gasteiger partial charge in [0.15, 0.2) is 0 Å². The van der Waals surface area contributed by atoms with Crippen LogP contribution < -0.4 is 4.74 Å². The molecule has 2 aromatic carbocycles. The third-order valence-electron chi connectivity index (χ3n) is 5.52. The molecule has 0 amide bonds. The van der Waals surface area contributed by atoms with Crippen molar-refractivity contribution < 1.29 is 4.74 Å². The van der Waals surface area contributed by atoms with Gasteiger partial charge in [-0.2, -0.15) is 0 Å². The molecule has 4 rings (SSSR count). The largest absolute Gasteiger partial charge is 0.494 e. The fraction of sp³-hybridized carbons (Fsp3) is 0.409. The molecular weight excluding hydrogens is 330 g/mol. The van der Waals surface area contributed by atoms with Crippen molar-refractivity contribution in [2.75, 3.05) is 13.2 Å². The second-order valence-corrected chi connectivity index (χ2v) is 7.53. The van der Waals surface area contributed by atoms with Gasteiger partial charge in [0.2, 0.25) is 0 Å². The van der Waals surface area contributed by atoms with Crippen LogP contribution in [0.3, 0.4) is 0 Å². The summed E-state index contributed by atoms with van der Waals surface area (Å²) in [4.78, 5) is 5.01. The summed E-state index contributed by atoms with van der Waals surface area (Å²) in [6, 6.07) is 14.9. The molecule has 25 heavy (non-hydrogen) atoms. The lowest BCUT2D eigenvalue weighted by Gasteiger charge is -2.45. The fourth-order valence-corrected chi connectivity index (χ4v) is 4.17. The Hall–Kier alpha value is -1.80. The Kier molecular flexibility index (Phi) is 4.56. The zero-order valence-electron chi connectivity index (χ0n) is 14.7. The lowest BCUT2D eigenvalue weighted by molar-refractivity contribution is 0.317. The highest BCUT2D eigenvalue weighted by atomic mass is 35.5. The molecule has 2 aliphatic rings. The summed E-state index contributed by atoms with van der Waals surface area (Å²) in [5.41, 5.74) is 5.32. The molecule has 0 N–H and O–H groups in total. The summed E-state index contributed by atoms with van der Waals surface area (Å²) in [5, 5.41) is 0.791. The zero-order chi connectivity index (χ0) is 17.3. The van der Waals surface area contributed by atoms with Crippen LogP contribution in [-0.4, -0.2) is 18.9 Å². The SMILES string of the molecule is CCCOc1ccc2c(c1)C(C1(c3ccc(Cl)cc3)CCC1)=NCC2. The van der Waals surface area contributed by atoms with Gasteiger partial charge in [0, 0.05) is 22.5 Å². The van der Waals surface area contributed by atoms with E-state index in [9.17, 15) is 0 Å². The average Bonchev–Trinajstić information content (AvgIpc) is 2.61. The molecule has 2 nitrogen and oxygen atoms in total. The molecule has 0 bridgehead atoms. The van der Waals surface area contributed by atoms with E-state index in [1.54, 1.807) is 0 Å². The van der Waals surface area contributed by atoms with Crippen molar-refractivity contribution in [3.05, 3.63) is 64.2 Å². The molecule has 1 aliphatic heterocycles. The van der Waals surface area contributed by atoms with E-state index in [0.717, 1.165) is 49.6 Å². The van der Waals surface area contributed by atoms with Crippen molar-refractivity contribution >= 4 is 17.3 Å². The third-order valence-corrected chi connectivity index (χ3v) is 5.77. The van der Waals surface area contributed by atoms with E-state index in [-0.39, 0.29) is 5.41 Å². The van der Waals surface area contributed by atoms with Gasteiger partial charge in [0.25, 0.3) is 0 Å². The minimum Gasteiger partial charge on any atom is -0.494 e. The number of benzene rings is 2. The summed E-state index contributed by atoms with van der Waals surface area (Å²) < 4.78 is 5.88. The Balaban J connectivity index is 1.75. The normalized spacial score (nSPS) is 18.1. The average molecular weight is 354 g/mol. The summed E-state index contributed by atoms with van der Waals surface area (Å²) >= 11 is 6.11. The first-order chi connectivity index (χ1) is 12.2. The van der Waals surface area contributed by atoms with Crippen LogP contribution in [0.5, 0.6) is 5.75 Å². The molecule has 1 fully saturated rings. The van der Waals surface area contributed by atoms with Crippen molar-refractivity contribution in [2.24, 2.45) is 4.99 Å². The molecule has 0 unspecified atom stereocenters. The number of halogens is 1. The summed E-state index contributed by atoms with van der Waals surface area (Å²) in [5.74, 6) is 0.959. The predicted molar refractivity (Wildman–Crippen MR) is 104 cm³/mol. The van der Waals surface area contributed by atoms with E-state index >= 15 is 0 Å². The molecule has 0 aromatic heterocycles. The molecule has 3 heteroatoms. The molecule has 2 aromatic rings. The van der Waals surface area contributed by atoms with Crippen LogP contribution in [0, 0.1) is 0 Å². The molecule has 1 saturated carbocycles. The second kappa shape index (κ2) is 6.84. The Morgan fingerprint density at radius 1 is 1.12 bits per heavy atom. The number of ether oxygens (including phenoxy) is 1. The molecule has 0 saturated heterocycles. The zero-order valence-corrected chi connectivity index (χ0v) is 15.5. The van der Waals surface area contributed by atoms with Gasteiger partial charge < -0.3 is 4.74 Å². The molecule has 0 radical (unpaired) electrons. The maximum atomic E-state index is 6.11. The maximum Gasteiger partial charge on any atom is 0.119 e. The highest BCUT2D eigenvalue weighted by molar-refractivity contribution is 6.30. The van der Waals surface area contributed by atoms with Crippen LogP contribution in [0.4, 0.5) is 0 Å². The van der Waals surface area contributed by atoms with Gasteiger partial charge in [-0.1, -0.05) is 43.1 Å². The smallest absolute Gasteiger partial charge is 0.119 e. The van der Waals surface area contributed by atoms with E-state index in [4.69, 9.17) is 21.3 Å². The van der Waals surface area contributed by atoms with Crippen molar-refractivity contribution in [1.82, 2.24) is 0 Å². The van der Waals surface area contributed by atoms with E-state index in [1.165, 1.54) is 28.8 Å². The van der Waals surface area contributed by atoms with Crippen molar-refractivity contribution in [1.29, 1.82) is 0 Å². The Bertz CT molecular complexity index is 790. The lowest BCUT2D eigenvalue weighted by Crippen LogP contribution is -2.44. The van der Waals surface area contributed by atoms with Gasteiger partial charge >= 0.3 is 0 Å². The first-order valence-electron chi connectivity index (χ1n) is 9.30. The standard InChI is InChI=1S/C22H24ClNO/c1-2-14-25-19-9-4-16-10-13-24-21(20(16)15-19)22(11-3-12-22)17-5-7-18(23)8-6-17/h4-9,15H,2-3,10-14H2,1H3. The van der Waals surface area contributed by atoms with E-state index in [1.807, 2.05) is 12.1 Å². The Morgan fingerprint density at radius 2 is 1.92 bits per heavy atom. The Labute approximate surface area is 154 Å². The van der Waals surface area contributed by atoms with E-state index < -0.39 is 0 Å². The van der Waals surface area contributed by atoms with Crippen LogP contribution in [0.1, 0.15) is 49.3 Å². The van der Waals surface area contributed by atoms with Crippen molar-refractivity contribution in [2.45, 2.75) is 44.4 Å². The molecule has 130 valence electrons. The minimum atomic E-state index is 0.0448. The molecule has 1 aliphatic carbocycles.